The molecule has 4 rings (SSSR count). The number of unbranched alkanes of at least 4 members (excludes halogenated alkanes) is 1. The maximum Gasteiger partial charge on any atom is 0.139 e. The van der Waals surface area contributed by atoms with Gasteiger partial charge in [0.25, 0.3) is 0 Å². The van der Waals surface area contributed by atoms with Crippen LogP contribution in [0.2, 0.25) is 0 Å². The molecule has 4 aliphatic carbocycles. The second-order valence-corrected chi connectivity index (χ2v) is 10.6. The zero-order valence-electron chi connectivity index (χ0n) is 16.7. The Labute approximate surface area is 154 Å². The van der Waals surface area contributed by atoms with Gasteiger partial charge in [-0.2, -0.15) is 0 Å². The average Bonchev–Trinajstić information content (AvgIpc) is 2.89. The third kappa shape index (κ3) is 2.65. The first-order chi connectivity index (χ1) is 11.8. The van der Waals surface area contributed by atoms with Crippen LogP contribution in [-0.2, 0) is 4.79 Å². The molecule has 0 spiro atoms. The molecule has 0 amide bonds. The van der Waals surface area contributed by atoms with Gasteiger partial charge < -0.3 is 5.11 Å². The molecule has 2 nitrogen and oxygen atoms in total. The van der Waals surface area contributed by atoms with E-state index in [0.717, 1.165) is 56.8 Å². The summed E-state index contributed by atoms with van der Waals surface area (Å²) in [4.78, 5) is 12.5. The monoisotopic (exact) mass is 346 g/mol. The molecule has 25 heavy (non-hydrogen) atoms. The summed E-state index contributed by atoms with van der Waals surface area (Å²) in [5.41, 5.74) is 0.0226. The van der Waals surface area contributed by atoms with Crippen LogP contribution in [0.5, 0.6) is 0 Å². The van der Waals surface area contributed by atoms with Crippen LogP contribution < -0.4 is 0 Å². The van der Waals surface area contributed by atoms with Crippen molar-refractivity contribution in [2.45, 2.75) is 103 Å². The highest BCUT2D eigenvalue weighted by atomic mass is 16.3. The van der Waals surface area contributed by atoms with Crippen molar-refractivity contribution in [1.82, 2.24) is 0 Å². The zero-order chi connectivity index (χ0) is 17.9. The lowest BCUT2D eigenvalue weighted by Crippen LogP contribution is -2.56. The number of fused-ring (bicyclic) bond motifs is 5. The number of carbonyl (C=O) groups is 1. The lowest BCUT2D eigenvalue weighted by atomic mass is 9.44. The molecule has 142 valence electrons. The summed E-state index contributed by atoms with van der Waals surface area (Å²) in [5.74, 6) is 3.48. The minimum Gasteiger partial charge on any atom is -0.390 e. The Hall–Kier alpha value is -0.370. The molecule has 0 radical (unpaired) electrons. The van der Waals surface area contributed by atoms with Gasteiger partial charge in [0.05, 0.1) is 5.60 Å². The van der Waals surface area contributed by atoms with Crippen LogP contribution in [0.25, 0.3) is 0 Å². The zero-order valence-corrected chi connectivity index (χ0v) is 16.7. The van der Waals surface area contributed by atoms with Crippen molar-refractivity contribution >= 4 is 5.78 Å². The van der Waals surface area contributed by atoms with E-state index < -0.39 is 0 Å². The minimum absolute atomic E-state index is 0.000886. The summed E-state index contributed by atoms with van der Waals surface area (Å²) in [7, 11) is 0. The van der Waals surface area contributed by atoms with E-state index in [-0.39, 0.29) is 11.0 Å². The molecule has 0 heterocycles. The molecule has 0 bridgehead atoms. The SMILES string of the molecule is CCCC[C@@]1(O)CC[C@@]2(C)C(CCC3C2CC[C@]2(C)C(=O)CCC32)C1. The van der Waals surface area contributed by atoms with E-state index in [2.05, 4.69) is 20.8 Å². The number of aliphatic hydroxyl groups is 1. The Morgan fingerprint density at radius 2 is 1.84 bits per heavy atom. The summed E-state index contributed by atoms with van der Waals surface area (Å²) >= 11 is 0. The largest absolute Gasteiger partial charge is 0.390 e. The van der Waals surface area contributed by atoms with Gasteiger partial charge in [-0.15, -0.1) is 0 Å². The molecule has 4 unspecified atom stereocenters. The predicted molar refractivity (Wildman–Crippen MR) is 101 cm³/mol. The molecule has 0 saturated heterocycles. The first-order valence-electron chi connectivity index (χ1n) is 11.1. The Balaban J connectivity index is 1.54. The standard InChI is InChI=1S/C23H38O2/c1-4-5-11-23(25)14-13-21(2)16(15-23)6-7-17-18-8-9-20(24)22(18,3)12-10-19(17)21/h16-19,25H,4-15H2,1-3H3/t16?,17?,18?,19?,21-,22-,23+/m0/s1. The molecule has 4 saturated carbocycles. The van der Waals surface area contributed by atoms with E-state index in [1.165, 1.54) is 32.1 Å². The summed E-state index contributed by atoms with van der Waals surface area (Å²) < 4.78 is 0. The smallest absolute Gasteiger partial charge is 0.139 e. The molecule has 2 heteroatoms. The van der Waals surface area contributed by atoms with Crippen molar-refractivity contribution in [3.8, 4) is 0 Å². The number of rotatable bonds is 3. The van der Waals surface area contributed by atoms with Crippen molar-refractivity contribution in [3.63, 3.8) is 0 Å². The van der Waals surface area contributed by atoms with Gasteiger partial charge in [0.1, 0.15) is 5.78 Å². The number of hydrogen-bond acceptors (Lipinski definition) is 2. The van der Waals surface area contributed by atoms with E-state index in [4.69, 9.17) is 0 Å². The normalized spacial score (nSPS) is 52.4. The average molecular weight is 347 g/mol. The maximum absolute atomic E-state index is 12.5. The molecule has 0 aromatic heterocycles. The van der Waals surface area contributed by atoms with Crippen LogP contribution in [0, 0.1) is 34.5 Å². The van der Waals surface area contributed by atoms with Crippen LogP contribution >= 0.6 is 0 Å². The third-order valence-corrected chi connectivity index (χ3v) is 9.53. The number of Topliss-reactive ketones (excluding diaryl/α,β-unsaturated/α-hetero) is 1. The van der Waals surface area contributed by atoms with Gasteiger partial charge >= 0.3 is 0 Å². The fourth-order valence-corrected chi connectivity index (χ4v) is 7.83. The minimum atomic E-state index is -0.389. The fraction of sp³-hybridized carbons (Fsp3) is 0.957. The highest BCUT2D eigenvalue weighted by Crippen LogP contribution is 2.66. The predicted octanol–water partition coefficient (Wildman–Crippen LogP) is 5.52. The van der Waals surface area contributed by atoms with Crippen LogP contribution in [0.4, 0.5) is 0 Å². The molecule has 1 N–H and O–H groups in total. The highest BCUT2D eigenvalue weighted by Gasteiger charge is 2.61. The lowest BCUT2D eigenvalue weighted by Gasteiger charge is -2.61. The maximum atomic E-state index is 12.5. The number of hydrogen-bond donors (Lipinski definition) is 1. The van der Waals surface area contributed by atoms with E-state index >= 15 is 0 Å². The lowest BCUT2D eigenvalue weighted by molar-refractivity contribution is -0.155. The van der Waals surface area contributed by atoms with Crippen LogP contribution in [0.1, 0.15) is 97.8 Å². The Morgan fingerprint density at radius 1 is 1.04 bits per heavy atom. The Kier molecular flexibility index (Phi) is 4.38. The molecule has 0 aromatic carbocycles. The van der Waals surface area contributed by atoms with Crippen molar-refractivity contribution in [2.75, 3.05) is 0 Å². The summed E-state index contributed by atoms with van der Waals surface area (Å²) in [5, 5.41) is 11.1. The van der Waals surface area contributed by atoms with E-state index in [1.54, 1.807) is 0 Å². The third-order valence-electron chi connectivity index (χ3n) is 9.53. The van der Waals surface area contributed by atoms with Gasteiger partial charge in [-0.3, -0.25) is 4.79 Å². The van der Waals surface area contributed by atoms with Gasteiger partial charge in [-0.05, 0) is 86.9 Å². The topological polar surface area (TPSA) is 37.3 Å². The molecular weight excluding hydrogens is 308 g/mol. The van der Waals surface area contributed by atoms with Gasteiger partial charge in [0.15, 0.2) is 0 Å². The van der Waals surface area contributed by atoms with E-state index in [0.29, 0.717) is 23.0 Å². The van der Waals surface area contributed by atoms with Crippen molar-refractivity contribution < 1.29 is 9.90 Å². The number of carbonyl (C=O) groups excluding carboxylic acids is 1. The van der Waals surface area contributed by atoms with Gasteiger partial charge in [0, 0.05) is 11.8 Å². The Bertz CT molecular complexity index is 542. The summed E-state index contributed by atoms with van der Waals surface area (Å²) in [6.45, 7) is 7.05. The van der Waals surface area contributed by atoms with Crippen LogP contribution in [-0.4, -0.2) is 16.5 Å². The van der Waals surface area contributed by atoms with E-state index in [9.17, 15) is 9.90 Å². The highest BCUT2D eigenvalue weighted by molar-refractivity contribution is 5.87. The second-order valence-electron chi connectivity index (χ2n) is 10.6. The molecule has 7 atom stereocenters. The van der Waals surface area contributed by atoms with E-state index in [1.807, 2.05) is 0 Å². The fourth-order valence-electron chi connectivity index (χ4n) is 7.83. The van der Waals surface area contributed by atoms with Gasteiger partial charge in [-0.25, -0.2) is 0 Å². The Morgan fingerprint density at radius 3 is 2.60 bits per heavy atom. The molecule has 0 aromatic rings. The summed E-state index contributed by atoms with van der Waals surface area (Å²) in [6.07, 6.45) is 13.5. The van der Waals surface area contributed by atoms with Crippen LogP contribution in [0.15, 0.2) is 0 Å². The quantitative estimate of drug-likeness (QED) is 0.730. The van der Waals surface area contributed by atoms with Gasteiger partial charge in [-0.1, -0.05) is 33.6 Å². The second kappa shape index (κ2) is 6.08. The molecular formula is C23H38O2. The molecule has 4 fully saturated rings. The molecule has 4 aliphatic rings. The number of ketones is 1. The molecule has 0 aliphatic heterocycles. The van der Waals surface area contributed by atoms with Gasteiger partial charge in [0.2, 0.25) is 0 Å². The first-order valence-corrected chi connectivity index (χ1v) is 11.1. The summed E-state index contributed by atoms with van der Waals surface area (Å²) in [6, 6.07) is 0. The van der Waals surface area contributed by atoms with Crippen molar-refractivity contribution in [3.05, 3.63) is 0 Å². The first kappa shape index (κ1) is 18.0. The van der Waals surface area contributed by atoms with Crippen molar-refractivity contribution in [2.24, 2.45) is 34.5 Å². The van der Waals surface area contributed by atoms with Crippen LogP contribution in [0.3, 0.4) is 0 Å². The van der Waals surface area contributed by atoms with Crippen molar-refractivity contribution in [1.29, 1.82) is 0 Å².